The predicted octanol–water partition coefficient (Wildman–Crippen LogP) is 0.192. The number of ketones is 2. The second-order valence-electron chi connectivity index (χ2n) is 9.42. The Morgan fingerprint density at radius 2 is 1.79 bits per heavy atom. The number of amides is 1. The second-order valence-corrected chi connectivity index (χ2v) is 11.0. The normalized spacial score (nSPS) is 27.7. The molecule has 4 unspecified atom stereocenters. The first-order valence-corrected chi connectivity index (χ1v) is 12.3. The van der Waals surface area contributed by atoms with Crippen LogP contribution in [-0.2, 0) is 30.9 Å². The fourth-order valence-corrected chi connectivity index (χ4v) is 5.91. The van der Waals surface area contributed by atoms with Gasteiger partial charge in [0.15, 0.2) is 11.4 Å². The van der Waals surface area contributed by atoms with Gasteiger partial charge in [-0.05, 0) is 44.5 Å². The first-order valence-electron chi connectivity index (χ1n) is 10.9. The number of aromatic hydroxyl groups is 1. The van der Waals surface area contributed by atoms with Crippen LogP contribution in [-0.4, -0.2) is 82.5 Å². The number of alkyl halides is 3. The molecule has 4 atom stereocenters. The largest absolute Gasteiger partial charge is 0.534 e. The number of aliphatic hydroxyl groups excluding tert-OH is 2. The lowest BCUT2D eigenvalue weighted by atomic mass is 9.57. The standard InChI is InChI=1S/C22H21F3N2O10S/c1-27(2)15-10-5-8-3-7-4-9(37-38(35,36)22(23,24)25)6-11(28)12(7)16(29)13(8)18(31)21(10,34)19(32)14(17(15)30)20(26)33/h4,6,8,10,15,28-29,32,34H,3,5H2,1-2H3,(H2,26,33). The summed E-state index contributed by atoms with van der Waals surface area (Å²) in [4.78, 5) is 39.9. The Balaban J connectivity index is 1.88. The smallest absolute Gasteiger partial charge is 0.508 e. The molecule has 1 amide bonds. The van der Waals surface area contributed by atoms with Gasteiger partial charge in [0.2, 0.25) is 5.78 Å². The Bertz CT molecular complexity index is 1460. The van der Waals surface area contributed by atoms with E-state index in [1.165, 1.54) is 19.0 Å². The van der Waals surface area contributed by atoms with Crippen molar-refractivity contribution < 1.29 is 60.6 Å². The highest BCUT2D eigenvalue weighted by Gasteiger charge is 2.64. The maximum Gasteiger partial charge on any atom is 0.534 e. The summed E-state index contributed by atoms with van der Waals surface area (Å²) in [6, 6.07) is -0.0183. The Hall–Kier alpha value is -3.63. The Morgan fingerprint density at radius 1 is 1.18 bits per heavy atom. The highest BCUT2D eigenvalue weighted by molar-refractivity contribution is 7.88. The summed E-state index contributed by atoms with van der Waals surface area (Å²) in [5, 5.41) is 43.5. The van der Waals surface area contributed by atoms with E-state index in [-0.39, 0.29) is 18.4 Å². The maximum atomic E-state index is 13.6. The summed E-state index contributed by atoms with van der Waals surface area (Å²) in [6.07, 6.45) is -0.538. The average Bonchev–Trinajstić information content (AvgIpc) is 2.74. The van der Waals surface area contributed by atoms with Gasteiger partial charge in [0.1, 0.15) is 28.6 Å². The molecule has 0 spiro atoms. The van der Waals surface area contributed by atoms with Crippen molar-refractivity contribution in [3.05, 3.63) is 40.2 Å². The number of carbonyl (C=O) groups excluding carboxylic acids is 3. The second kappa shape index (κ2) is 8.44. The van der Waals surface area contributed by atoms with Gasteiger partial charge in [0.25, 0.3) is 5.91 Å². The lowest BCUT2D eigenvalue weighted by molar-refractivity contribution is -0.153. The molecule has 1 fully saturated rings. The molecule has 0 aromatic heterocycles. The zero-order valence-electron chi connectivity index (χ0n) is 19.6. The summed E-state index contributed by atoms with van der Waals surface area (Å²) in [6.45, 7) is 0. The number of nitrogens with zero attached hydrogens (tertiary/aromatic N) is 1. The first kappa shape index (κ1) is 27.4. The van der Waals surface area contributed by atoms with E-state index in [0.29, 0.717) is 6.07 Å². The van der Waals surface area contributed by atoms with Gasteiger partial charge >= 0.3 is 15.6 Å². The summed E-state index contributed by atoms with van der Waals surface area (Å²) in [7, 11) is -3.27. The van der Waals surface area contributed by atoms with Gasteiger partial charge in [0, 0.05) is 17.6 Å². The fourth-order valence-electron chi connectivity index (χ4n) is 5.46. The topological polar surface area (TPSA) is 205 Å². The molecule has 3 aliphatic carbocycles. The third kappa shape index (κ3) is 3.73. The molecular weight excluding hydrogens is 541 g/mol. The number of rotatable bonds is 4. The molecule has 12 nitrogen and oxygen atoms in total. The highest BCUT2D eigenvalue weighted by atomic mass is 32.2. The number of likely N-dealkylation sites (N-methyl/N-ethyl adjacent to an activating group) is 1. The van der Waals surface area contributed by atoms with E-state index < -0.39 is 96.3 Å². The number of fused-ring (bicyclic) bond motifs is 3. The van der Waals surface area contributed by atoms with Crippen LogP contribution in [0.4, 0.5) is 13.2 Å². The summed E-state index contributed by atoms with van der Waals surface area (Å²) in [5.74, 6) is -10.0. The summed E-state index contributed by atoms with van der Waals surface area (Å²) in [5.41, 5.74) is -5.40. The number of Topliss-reactive ketones (excluding diaryl/α,β-unsaturated/α-hetero) is 2. The van der Waals surface area contributed by atoms with Gasteiger partial charge in [-0.1, -0.05) is 0 Å². The van der Waals surface area contributed by atoms with E-state index in [0.717, 1.165) is 6.07 Å². The molecule has 16 heteroatoms. The number of halogens is 3. The monoisotopic (exact) mass is 562 g/mol. The number of phenolic OH excluding ortho intramolecular Hbond substituents is 1. The number of benzene rings is 1. The molecule has 0 radical (unpaired) electrons. The molecular formula is C22H21F3N2O10S. The van der Waals surface area contributed by atoms with Crippen LogP contribution in [0.2, 0.25) is 0 Å². The van der Waals surface area contributed by atoms with Gasteiger partial charge in [-0.15, -0.1) is 0 Å². The first-order chi connectivity index (χ1) is 17.3. The lowest BCUT2D eigenvalue weighted by Crippen LogP contribution is -2.65. The van der Waals surface area contributed by atoms with E-state index in [4.69, 9.17) is 5.73 Å². The molecule has 0 heterocycles. The number of aliphatic hydroxyl groups is 3. The molecule has 4 rings (SSSR count). The van der Waals surface area contributed by atoms with Crippen LogP contribution < -0.4 is 9.92 Å². The number of primary amides is 1. The molecule has 6 N–H and O–H groups in total. The van der Waals surface area contributed by atoms with Crippen LogP contribution in [0.15, 0.2) is 29.0 Å². The van der Waals surface area contributed by atoms with Crippen molar-refractivity contribution in [2.75, 3.05) is 14.1 Å². The zero-order valence-corrected chi connectivity index (χ0v) is 20.4. The zero-order chi connectivity index (χ0) is 28.7. The Labute approximate surface area is 212 Å². The van der Waals surface area contributed by atoms with Gasteiger partial charge in [-0.3, -0.25) is 19.3 Å². The van der Waals surface area contributed by atoms with Crippen molar-refractivity contribution >= 4 is 33.4 Å². The van der Waals surface area contributed by atoms with E-state index in [2.05, 4.69) is 4.18 Å². The van der Waals surface area contributed by atoms with E-state index in [1.807, 2.05) is 0 Å². The van der Waals surface area contributed by atoms with Crippen molar-refractivity contribution in [3.8, 4) is 11.5 Å². The number of nitrogens with two attached hydrogens (primary N) is 1. The minimum Gasteiger partial charge on any atom is -0.508 e. The summed E-state index contributed by atoms with van der Waals surface area (Å²) >= 11 is 0. The third-order valence-corrected chi connectivity index (χ3v) is 7.97. The van der Waals surface area contributed by atoms with E-state index in [9.17, 15) is 56.4 Å². The van der Waals surface area contributed by atoms with Gasteiger partial charge < -0.3 is 30.3 Å². The molecule has 1 aromatic rings. The number of hydrogen-bond donors (Lipinski definition) is 5. The molecule has 38 heavy (non-hydrogen) atoms. The number of carbonyl (C=O) groups is 3. The Morgan fingerprint density at radius 3 is 2.32 bits per heavy atom. The maximum absolute atomic E-state index is 13.6. The Kier molecular flexibility index (Phi) is 6.09. The quantitative estimate of drug-likeness (QED) is 0.190. The number of hydrogen-bond acceptors (Lipinski definition) is 11. The molecule has 0 saturated heterocycles. The van der Waals surface area contributed by atoms with Gasteiger partial charge in [-0.25, -0.2) is 0 Å². The molecule has 206 valence electrons. The van der Waals surface area contributed by atoms with Crippen LogP contribution in [0.5, 0.6) is 11.5 Å². The van der Waals surface area contributed by atoms with Gasteiger partial charge in [-0.2, -0.15) is 21.6 Å². The van der Waals surface area contributed by atoms with E-state index in [1.54, 1.807) is 0 Å². The lowest BCUT2D eigenvalue weighted by Gasteiger charge is -2.50. The molecule has 1 saturated carbocycles. The molecule has 0 bridgehead atoms. The van der Waals surface area contributed by atoms with Crippen LogP contribution in [0.3, 0.4) is 0 Å². The summed E-state index contributed by atoms with van der Waals surface area (Å²) < 4.78 is 65.1. The highest BCUT2D eigenvalue weighted by Crippen LogP contribution is 2.53. The minimum atomic E-state index is -6.09. The fraction of sp³-hybridized carbons (Fsp3) is 0.409. The number of phenols is 1. The van der Waals surface area contributed by atoms with Crippen LogP contribution >= 0.6 is 0 Å². The molecule has 3 aliphatic rings. The molecule has 0 aliphatic heterocycles. The van der Waals surface area contributed by atoms with Crippen LogP contribution in [0, 0.1) is 11.8 Å². The van der Waals surface area contributed by atoms with Crippen molar-refractivity contribution in [1.29, 1.82) is 0 Å². The van der Waals surface area contributed by atoms with Crippen LogP contribution in [0.25, 0.3) is 5.76 Å². The van der Waals surface area contributed by atoms with Crippen LogP contribution in [0.1, 0.15) is 17.5 Å². The SMILES string of the molecule is CN(C)C1C(=O)C(C(N)=O)=C(O)C2(O)C(=O)C3=C(O)c4c(O)cc(OS(=O)(=O)C(F)(F)F)cc4CC3CC12. The van der Waals surface area contributed by atoms with Gasteiger partial charge in [0.05, 0.1) is 11.6 Å². The van der Waals surface area contributed by atoms with Crippen molar-refractivity contribution in [3.63, 3.8) is 0 Å². The average molecular weight is 562 g/mol. The molecule has 1 aromatic carbocycles. The van der Waals surface area contributed by atoms with E-state index >= 15 is 0 Å². The van der Waals surface area contributed by atoms with Crippen molar-refractivity contribution in [1.82, 2.24) is 4.90 Å². The van der Waals surface area contributed by atoms with Crippen molar-refractivity contribution in [2.45, 2.75) is 30.0 Å². The predicted molar refractivity (Wildman–Crippen MR) is 120 cm³/mol. The van der Waals surface area contributed by atoms with Crippen molar-refractivity contribution in [2.24, 2.45) is 17.6 Å². The minimum absolute atomic E-state index is 0.0945. The third-order valence-electron chi connectivity index (χ3n) is 6.99.